The molecule has 0 saturated carbocycles. The average Bonchev–Trinajstić information content (AvgIpc) is 2.84. The molecule has 1 aromatic rings. The molecular formula is C23H35N9O7. The van der Waals surface area contributed by atoms with Crippen molar-refractivity contribution in [1.82, 2.24) is 16.0 Å². The Morgan fingerprint density at radius 3 is 1.85 bits per heavy atom. The molecule has 0 aromatic heterocycles. The molecule has 5 amide bonds. The van der Waals surface area contributed by atoms with Gasteiger partial charge < -0.3 is 49.7 Å². The van der Waals surface area contributed by atoms with E-state index in [1.165, 1.54) is 0 Å². The van der Waals surface area contributed by atoms with Crippen molar-refractivity contribution >= 4 is 41.5 Å². The number of benzene rings is 1. The van der Waals surface area contributed by atoms with Gasteiger partial charge in [0.05, 0.1) is 18.9 Å². The van der Waals surface area contributed by atoms with E-state index in [4.69, 9.17) is 28.7 Å². The summed E-state index contributed by atoms with van der Waals surface area (Å²) in [6.45, 7) is 0.122. The quantitative estimate of drug-likeness (QED) is 0.0513. The van der Waals surface area contributed by atoms with Crippen LogP contribution in [0.25, 0.3) is 0 Å². The third-order valence-electron chi connectivity index (χ3n) is 5.27. The highest BCUT2D eigenvalue weighted by Crippen LogP contribution is 2.07. The fraction of sp³-hybridized carbons (Fsp3) is 0.435. The summed E-state index contributed by atoms with van der Waals surface area (Å²) in [5.74, 6) is -6.01. The summed E-state index contributed by atoms with van der Waals surface area (Å²) in [6, 6.07) is 2.99. The van der Waals surface area contributed by atoms with Gasteiger partial charge in [0.1, 0.15) is 18.1 Å². The van der Waals surface area contributed by atoms with E-state index in [1.54, 1.807) is 30.3 Å². The molecule has 0 aliphatic carbocycles. The van der Waals surface area contributed by atoms with E-state index in [0.717, 1.165) is 0 Å². The molecule has 16 nitrogen and oxygen atoms in total. The highest BCUT2D eigenvalue weighted by molar-refractivity contribution is 5.95. The van der Waals surface area contributed by atoms with E-state index in [0.29, 0.717) is 5.56 Å². The summed E-state index contributed by atoms with van der Waals surface area (Å²) in [5.41, 5.74) is 27.1. The Bertz CT molecular complexity index is 1060. The van der Waals surface area contributed by atoms with Gasteiger partial charge in [-0.3, -0.25) is 29.0 Å². The summed E-state index contributed by atoms with van der Waals surface area (Å²) >= 11 is 0. The summed E-state index contributed by atoms with van der Waals surface area (Å²) in [6.07, 6.45) is -0.956. The number of aliphatic imine (C=N–C) groups is 1. The zero-order valence-corrected chi connectivity index (χ0v) is 21.2. The van der Waals surface area contributed by atoms with E-state index >= 15 is 0 Å². The molecule has 0 aliphatic rings. The van der Waals surface area contributed by atoms with Gasteiger partial charge in [0.15, 0.2) is 5.96 Å². The van der Waals surface area contributed by atoms with E-state index in [-0.39, 0.29) is 31.8 Å². The molecule has 0 aliphatic heterocycles. The molecule has 0 fully saturated rings. The molecule has 0 spiro atoms. The van der Waals surface area contributed by atoms with Gasteiger partial charge in [0.25, 0.3) is 0 Å². The zero-order chi connectivity index (χ0) is 29.5. The normalized spacial score (nSPS) is 13.6. The number of amides is 5. The Hall–Kier alpha value is -4.73. The van der Waals surface area contributed by atoms with Crippen molar-refractivity contribution in [3.05, 3.63) is 35.9 Å². The van der Waals surface area contributed by atoms with Crippen molar-refractivity contribution in [1.29, 1.82) is 0 Å². The predicted octanol–water partition coefficient (Wildman–Crippen LogP) is -4.10. The number of carboxylic acids is 1. The fourth-order valence-corrected chi connectivity index (χ4v) is 3.37. The highest BCUT2D eigenvalue weighted by atomic mass is 16.4. The molecule has 14 N–H and O–H groups in total. The molecule has 1 aromatic carbocycles. The van der Waals surface area contributed by atoms with Crippen LogP contribution in [-0.4, -0.2) is 77.3 Å². The maximum absolute atomic E-state index is 13.2. The maximum Gasteiger partial charge on any atom is 0.326 e. The molecule has 1 rings (SSSR count). The first-order valence-electron chi connectivity index (χ1n) is 11.9. The lowest BCUT2D eigenvalue weighted by atomic mass is 10.0. The predicted molar refractivity (Wildman–Crippen MR) is 139 cm³/mol. The number of carboxylic acid groups (broad SMARTS) is 1. The van der Waals surface area contributed by atoms with Gasteiger partial charge in [-0.15, -0.1) is 0 Å². The minimum atomic E-state index is -1.63. The van der Waals surface area contributed by atoms with Crippen LogP contribution in [0.3, 0.4) is 0 Å². The minimum Gasteiger partial charge on any atom is -0.480 e. The van der Waals surface area contributed by atoms with Crippen LogP contribution in [0.4, 0.5) is 0 Å². The number of nitrogens with one attached hydrogen (secondary N) is 3. The molecule has 4 atom stereocenters. The number of carbonyl (C=O) groups excluding carboxylic acids is 5. The van der Waals surface area contributed by atoms with Crippen molar-refractivity contribution in [3.63, 3.8) is 0 Å². The maximum atomic E-state index is 13.2. The SMILES string of the molecule is NC(=O)CC(N)C(=O)NC(CCCN=C(N)N)C(=O)NC(Cc1ccccc1)C(=O)NC(CC(N)=O)C(=O)O. The molecule has 0 radical (unpaired) electrons. The van der Waals surface area contributed by atoms with Crippen LogP contribution in [0.5, 0.6) is 0 Å². The van der Waals surface area contributed by atoms with Crippen molar-refractivity contribution in [2.75, 3.05) is 6.54 Å². The average molecular weight is 550 g/mol. The Kier molecular flexibility index (Phi) is 13.4. The third kappa shape index (κ3) is 12.9. The van der Waals surface area contributed by atoms with E-state index in [1.807, 2.05) is 0 Å². The molecule has 4 unspecified atom stereocenters. The molecule has 214 valence electrons. The van der Waals surface area contributed by atoms with Gasteiger partial charge in [0, 0.05) is 13.0 Å². The van der Waals surface area contributed by atoms with Crippen LogP contribution in [0.2, 0.25) is 0 Å². The number of aliphatic carboxylic acids is 1. The van der Waals surface area contributed by atoms with Crippen molar-refractivity contribution in [3.8, 4) is 0 Å². The second kappa shape index (κ2) is 16.2. The lowest BCUT2D eigenvalue weighted by Gasteiger charge is -2.25. The number of primary amides is 2. The summed E-state index contributed by atoms with van der Waals surface area (Å²) in [4.78, 5) is 76.5. The van der Waals surface area contributed by atoms with E-state index in [2.05, 4.69) is 20.9 Å². The number of nitrogens with two attached hydrogens (primary N) is 5. The van der Waals surface area contributed by atoms with E-state index in [9.17, 15) is 33.9 Å². The Morgan fingerprint density at radius 1 is 0.769 bits per heavy atom. The van der Waals surface area contributed by atoms with Crippen LogP contribution in [-0.2, 0) is 35.2 Å². The standard InChI is InChI=1S/C23H35N9O7/c24-13(10-17(25)33)19(35)30-14(7-4-8-29-23(27)28)20(36)31-15(9-12-5-2-1-3-6-12)21(37)32-16(22(38)39)11-18(26)34/h1-3,5-6,13-16H,4,7-11,24H2,(H2,25,33)(H2,26,34)(H,30,35)(H,31,36)(H,32,37)(H,38,39)(H4,27,28,29). The number of hydrogen-bond donors (Lipinski definition) is 9. The van der Waals surface area contributed by atoms with E-state index < -0.39 is 72.5 Å². The van der Waals surface area contributed by atoms with Crippen LogP contribution in [0.1, 0.15) is 31.2 Å². The first-order chi connectivity index (χ1) is 18.3. The van der Waals surface area contributed by atoms with Crippen LogP contribution < -0.4 is 44.6 Å². The molecule has 39 heavy (non-hydrogen) atoms. The van der Waals surface area contributed by atoms with Gasteiger partial charge in [-0.25, -0.2) is 4.79 Å². The lowest BCUT2D eigenvalue weighted by Crippen LogP contribution is -2.58. The van der Waals surface area contributed by atoms with Crippen molar-refractivity contribution in [2.45, 2.75) is 56.3 Å². The second-order valence-electron chi connectivity index (χ2n) is 8.61. The van der Waals surface area contributed by atoms with Gasteiger partial charge in [-0.2, -0.15) is 0 Å². The van der Waals surface area contributed by atoms with Crippen LogP contribution in [0, 0.1) is 0 Å². The molecule has 16 heteroatoms. The first kappa shape index (κ1) is 32.3. The number of carbonyl (C=O) groups is 6. The van der Waals surface area contributed by atoms with Gasteiger partial charge in [-0.05, 0) is 18.4 Å². The number of guanidine groups is 1. The van der Waals surface area contributed by atoms with Gasteiger partial charge in [-0.1, -0.05) is 30.3 Å². The fourth-order valence-electron chi connectivity index (χ4n) is 3.37. The number of nitrogens with zero attached hydrogens (tertiary/aromatic N) is 1. The minimum absolute atomic E-state index is 0.0107. The summed E-state index contributed by atoms with van der Waals surface area (Å²) in [5, 5.41) is 16.5. The molecule has 0 bridgehead atoms. The number of hydrogen-bond acceptors (Lipinski definition) is 8. The largest absolute Gasteiger partial charge is 0.480 e. The van der Waals surface area contributed by atoms with Crippen LogP contribution in [0.15, 0.2) is 35.3 Å². The molecule has 0 saturated heterocycles. The lowest BCUT2D eigenvalue weighted by molar-refractivity contribution is -0.143. The number of rotatable bonds is 17. The van der Waals surface area contributed by atoms with Crippen LogP contribution >= 0.6 is 0 Å². The third-order valence-corrected chi connectivity index (χ3v) is 5.27. The Balaban J connectivity index is 3.17. The van der Waals surface area contributed by atoms with Crippen molar-refractivity contribution in [2.24, 2.45) is 33.7 Å². The smallest absolute Gasteiger partial charge is 0.326 e. The van der Waals surface area contributed by atoms with Gasteiger partial charge in [0.2, 0.25) is 29.5 Å². The molecular weight excluding hydrogens is 514 g/mol. The second-order valence-corrected chi connectivity index (χ2v) is 8.61. The van der Waals surface area contributed by atoms with Gasteiger partial charge >= 0.3 is 5.97 Å². The first-order valence-corrected chi connectivity index (χ1v) is 11.9. The Morgan fingerprint density at radius 2 is 1.31 bits per heavy atom. The zero-order valence-electron chi connectivity index (χ0n) is 21.2. The summed E-state index contributed by atoms with van der Waals surface area (Å²) < 4.78 is 0. The topological polar surface area (TPSA) is 301 Å². The van der Waals surface area contributed by atoms with Crippen molar-refractivity contribution < 1.29 is 33.9 Å². The molecule has 0 heterocycles. The Labute approximate surface area is 224 Å². The monoisotopic (exact) mass is 549 g/mol. The summed E-state index contributed by atoms with van der Waals surface area (Å²) in [7, 11) is 0. The highest BCUT2D eigenvalue weighted by Gasteiger charge is 2.31.